The molecule has 0 saturated carbocycles. The second kappa shape index (κ2) is 5.25. The molecule has 2 aromatic rings. The van der Waals surface area contributed by atoms with E-state index < -0.39 is 0 Å². The summed E-state index contributed by atoms with van der Waals surface area (Å²) in [6, 6.07) is 10.1. The quantitative estimate of drug-likeness (QED) is 0.897. The molecule has 0 spiro atoms. The number of aromatic nitrogens is 2. The minimum atomic E-state index is -0.0800. The molecule has 0 fully saturated rings. The summed E-state index contributed by atoms with van der Waals surface area (Å²) in [7, 11) is 3.90. The number of nitrogens with zero attached hydrogens (tertiary/aromatic N) is 3. The Hall–Kier alpha value is -1.46. The molecule has 5 heteroatoms. The average Bonchev–Trinajstić information content (AvgIpc) is 2.79. The molecule has 1 aromatic heterocycles. The summed E-state index contributed by atoms with van der Waals surface area (Å²) in [4.78, 5) is 1.94. The van der Waals surface area contributed by atoms with Crippen molar-refractivity contribution in [3.8, 4) is 0 Å². The highest BCUT2D eigenvalue weighted by molar-refractivity contribution is 7.15. The standard InChI is InChI=1S/C12H16N4S/c1-16(2)12-15-14-11(17-12)10(13)8-9-6-4-3-5-7-9/h3-7,10H,8,13H2,1-2H3. The highest BCUT2D eigenvalue weighted by Gasteiger charge is 2.13. The molecule has 0 bridgehead atoms. The highest BCUT2D eigenvalue weighted by Crippen LogP contribution is 2.24. The predicted molar refractivity (Wildman–Crippen MR) is 71.3 cm³/mol. The van der Waals surface area contributed by atoms with Crippen LogP contribution < -0.4 is 10.6 Å². The first-order valence-electron chi connectivity index (χ1n) is 5.47. The Morgan fingerprint density at radius 1 is 1.24 bits per heavy atom. The summed E-state index contributed by atoms with van der Waals surface area (Å²) in [6.07, 6.45) is 0.795. The lowest BCUT2D eigenvalue weighted by atomic mass is 10.1. The molecular weight excluding hydrogens is 232 g/mol. The van der Waals surface area contributed by atoms with E-state index in [1.807, 2.05) is 37.2 Å². The van der Waals surface area contributed by atoms with Gasteiger partial charge in [0.05, 0.1) is 6.04 Å². The summed E-state index contributed by atoms with van der Waals surface area (Å²) in [5.74, 6) is 0. The topological polar surface area (TPSA) is 55.0 Å². The Morgan fingerprint density at radius 3 is 2.53 bits per heavy atom. The maximum atomic E-state index is 6.13. The Balaban J connectivity index is 2.07. The van der Waals surface area contributed by atoms with Crippen molar-refractivity contribution in [2.45, 2.75) is 12.5 Å². The first kappa shape index (κ1) is 12.0. The number of benzene rings is 1. The summed E-state index contributed by atoms with van der Waals surface area (Å²) in [5, 5.41) is 10.0. The van der Waals surface area contributed by atoms with Gasteiger partial charge in [0.1, 0.15) is 5.01 Å². The fraction of sp³-hybridized carbons (Fsp3) is 0.333. The normalized spacial score (nSPS) is 12.4. The summed E-state index contributed by atoms with van der Waals surface area (Å²) in [5.41, 5.74) is 7.35. The van der Waals surface area contributed by atoms with Gasteiger partial charge in [-0.2, -0.15) is 0 Å². The number of hydrogen-bond donors (Lipinski definition) is 1. The van der Waals surface area contributed by atoms with E-state index in [9.17, 15) is 0 Å². The van der Waals surface area contributed by atoms with Crippen LogP contribution in [0.4, 0.5) is 5.13 Å². The van der Waals surface area contributed by atoms with Gasteiger partial charge >= 0.3 is 0 Å². The lowest BCUT2D eigenvalue weighted by molar-refractivity contribution is 0.703. The van der Waals surface area contributed by atoms with E-state index in [-0.39, 0.29) is 6.04 Å². The van der Waals surface area contributed by atoms with Crippen LogP contribution >= 0.6 is 11.3 Å². The molecule has 0 radical (unpaired) electrons. The molecule has 17 heavy (non-hydrogen) atoms. The molecule has 0 aliphatic carbocycles. The molecule has 4 nitrogen and oxygen atoms in total. The Labute approximate surface area is 105 Å². The third-order valence-corrected chi connectivity index (χ3v) is 3.65. The fourth-order valence-electron chi connectivity index (χ4n) is 1.51. The van der Waals surface area contributed by atoms with E-state index in [4.69, 9.17) is 5.73 Å². The third-order valence-electron chi connectivity index (χ3n) is 2.43. The van der Waals surface area contributed by atoms with Crippen LogP contribution in [0.1, 0.15) is 16.6 Å². The SMILES string of the molecule is CN(C)c1nnc(C(N)Cc2ccccc2)s1. The molecular formula is C12H16N4S. The number of nitrogens with two attached hydrogens (primary N) is 1. The van der Waals surface area contributed by atoms with Gasteiger partial charge in [-0.1, -0.05) is 41.7 Å². The number of hydrogen-bond acceptors (Lipinski definition) is 5. The van der Waals surface area contributed by atoms with Gasteiger partial charge in [-0.15, -0.1) is 10.2 Å². The minimum absolute atomic E-state index is 0.0800. The Bertz CT molecular complexity index is 466. The van der Waals surface area contributed by atoms with E-state index in [0.29, 0.717) is 0 Å². The maximum Gasteiger partial charge on any atom is 0.207 e. The van der Waals surface area contributed by atoms with E-state index in [1.54, 1.807) is 11.3 Å². The maximum absolute atomic E-state index is 6.13. The van der Waals surface area contributed by atoms with Crippen LogP contribution in [0.5, 0.6) is 0 Å². The molecule has 1 atom stereocenters. The molecule has 1 aromatic carbocycles. The molecule has 2 N–H and O–H groups in total. The van der Waals surface area contributed by atoms with Crippen LogP contribution in [-0.2, 0) is 6.42 Å². The number of anilines is 1. The van der Waals surface area contributed by atoms with Crippen LogP contribution in [0.2, 0.25) is 0 Å². The van der Waals surface area contributed by atoms with Gasteiger partial charge in [-0.3, -0.25) is 0 Å². The van der Waals surface area contributed by atoms with Crippen molar-refractivity contribution in [1.82, 2.24) is 10.2 Å². The van der Waals surface area contributed by atoms with Gasteiger partial charge in [0.2, 0.25) is 5.13 Å². The third kappa shape index (κ3) is 3.01. The van der Waals surface area contributed by atoms with Crippen LogP contribution in [0.3, 0.4) is 0 Å². The molecule has 0 saturated heterocycles. The lowest BCUT2D eigenvalue weighted by Crippen LogP contribution is -2.13. The van der Waals surface area contributed by atoms with Gasteiger partial charge in [0.25, 0.3) is 0 Å². The van der Waals surface area contributed by atoms with E-state index in [2.05, 4.69) is 22.3 Å². The second-order valence-electron chi connectivity index (χ2n) is 4.11. The number of rotatable bonds is 4. The summed E-state index contributed by atoms with van der Waals surface area (Å²) < 4.78 is 0. The van der Waals surface area contributed by atoms with Gasteiger partial charge in [0, 0.05) is 14.1 Å². The summed E-state index contributed by atoms with van der Waals surface area (Å²) >= 11 is 1.55. The van der Waals surface area contributed by atoms with Gasteiger partial charge in [-0.05, 0) is 12.0 Å². The molecule has 2 rings (SSSR count). The van der Waals surface area contributed by atoms with Gasteiger partial charge in [-0.25, -0.2) is 0 Å². The highest BCUT2D eigenvalue weighted by atomic mass is 32.1. The van der Waals surface area contributed by atoms with E-state index >= 15 is 0 Å². The molecule has 90 valence electrons. The monoisotopic (exact) mass is 248 g/mol. The predicted octanol–water partition coefficient (Wildman–Crippen LogP) is 1.85. The van der Waals surface area contributed by atoms with Crippen molar-refractivity contribution in [1.29, 1.82) is 0 Å². The van der Waals surface area contributed by atoms with E-state index in [0.717, 1.165) is 16.6 Å². The lowest BCUT2D eigenvalue weighted by Gasteiger charge is -2.08. The van der Waals surface area contributed by atoms with Crippen LogP contribution in [-0.4, -0.2) is 24.3 Å². The minimum Gasteiger partial charge on any atom is -0.353 e. The van der Waals surface area contributed by atoms with Gasteiger partial charge < -0.3 is 10.6 Å². The largest absolute Gasteiger partial charge is 0.353 e. The zero-order valence-electron chi connectivity index (χ0n) is 10.00. The fourth-order valence-corrected chi connectivity index (χ4v) is 2.28. The van der Waals surface area contributed by atoms with Crippen molar-refractivity contribution >= 4 is 16.5 Å². The zero-order valence-corrected chi connectivity index (χ0v) is 10.8. The Morgan fingerprint density at radius 2 is 1.94 bits per heavy atom. The molecule has 0 amide bonds. The zero-order chi connectivity index (χ0) is 12.3. The second-order valence-corrected chi connectivity index (χ2v) is 5.10. The van der Waals surface area contributed by atoms with Gasteiger partial charge in [0.15, 0.2) is 0 Å². The molecule has 1 heterocycles. The van der Waals surface area contributed by atoms with Crippen LogP contribution in [0.15, 0.2) is 30.3 Å². The molecule has 0 aliphatic heterocycles. The van der Waals surface area contributed by atoms with Crippen molar-refractivity contribution in [2.75, 3.05) is 19.0 Å². The van der Waals surface area contributed by atoms with Crippen LogP contribution in [0, 0.1) is 0 Å². The molecule has 0 aliphatic rings. The average molecular weight is 248 g/mol. The van der Waals surface area contributed by atoms with Crippen molar-refractivity contribution < 1.29 is 0 Å². The summed E-state index contributed by atoms with van der Waals surface area (Å²) in [6.45, 7) is 0. The van der Waals surface area contributed by atoms with Crippen LogP contribution in [0.25, 0.3) is 0 Å². The molecule has 1 unspecified atom stereocenters. The first-order valence-corrected chi connectivity index (χ1v) is 6.28. The van der Waals surface area contributed by atoms with E-state index in [1.165, 1.54) is 5.56 Å². The van der Waals surface area contributed by atoms with Crippen molar-refractivity contribution in [2.24, 2.45) is 5.73 Å². The smallest absolute Gasteiger partial charge is 0.207 e. The Kier molecular flexibility index (Phi) is 3.71. The first-order chi connectivity index (χ1) is 8.16. The van der Waals surface area contributed by atoms with Crippen molar-refractivity contribution in [3.05, 3.63) is 40.9 Å². The van der Waals surface area contributed by atoms with Crippen molar-refractivity contribution in [3.63, 3.8) is 0 Å².